The summed E-state index contributed by atoms with van der Waals surface area (Å²) in [7, 11) is 0. The normalized spacial score (nSPS) is 19.7. The molecule has 2 heterocycles. The van der Waals surface area contributed by atoms with Gasteiger partial charge in [0, 0.05) is 40.8 Å². The van der Waals surface area contributed by atoms with Crippen molar-refractivity contribution in [3.63, 3.8) is 0 Å². The molecule has 0 aromatic carbocycles. The van der Waals surface area contributed by atoms with E-state index in [0.717, 1.165) is 31.0 Å². The average molecular weight is 327 g/mol. The van der Waals surface area contributed by atoms with E-state index in [9.17, 15) is 4.79 Å². The number of nitrogens with zero attached hydrogens (tertiary/aromatic N) is 2. The minimum absolute atomic E-state index is 0.0727. The van der Waals surface area contributed by atoms with E-state index in [1.807, 2.05) is 22.7 Å². The third-order valence-corrected chi connectivity index (χ3v) is 5.26. The lowest BCUT2D eigenvalue weighted by Crippen LogP contribution is -2.41. The molecule has 1 fully saturated rings. The molecule has 5 heteroatoms. The van der Waals surface area contributed by atoms with Crippen LogP contribution in [0.2, 0.25) is 5.15 Å². The van der Waals surface area contributed by atoms with Crippen LogP contribution < -0.4 is 0 Å². The second-order valence-corrected chi connectivity index (χ2v) is 8.26. The van der Waals surface area contributed by atoms with Crippen molar-refractivity contribution in [1.82, 2.24) is 9.88 Å². The van der Waals surface area contributed by atoms with Gasteiger partial charge in [-0.2, -0.15) is 11.8 Å². The number of carbonyl (C=O) groups excluding carboxylic acids is 1. The van der Waals surface area contributed by atoms with E-state index >= 15 is 0 Å². The van der Waals surface area contributed by atoms with Crippen LogP contribution in [0.15, 0.2) is 12.1 Å². The van der Waals surface area contributed by atoms with Gasteiger partial charge in [0.1, 0.15) is 5.15 Å². The topological polar surface area (TPSA) is 33.2 Å². The highest BCUT2D eigenvalue weighted by molar-refractivity contribution is 8.00. The Bertz CT molecular complexity index is 527. The molecule has 1 atom stereocenters. The zero-order chi connectivity index (χ0) is 15.6. The van der Waals surface area contributed by atoms with Crippen molar-refractivity contribution in [2.24, 2.45) is 0 Å². The summed E-state index contributed by atoms with van der Waals surface area (Å²) in [5.74, 6) is 1.08. The van der Waals surface area contributed by atoms with Crippen LogP contribution in [-0.4, -0.2) is 39.9 Å². The van der Waals surface area contributed by atoms with Crippen LogP contribution in [0.1, 0.15) is 50.2 Å². The molecule has 3 nitrogen and oxygen atoms in total. The second kappa shape index (κ2) is 6.57. The molecule has 1 aliphatic rings. The smallest absolute Gasteiger partial charge is 0.254 e. The summed E-state index contributed by atoms with van der Waals surface area (Å²) in [6.45, 7) is 10.0. The maximum atomic E-state index is 12.7. The van der Waals surface area contributed by atoms with E-state index < -0.39 is 0 Å². The molecule has 1 aromatic heterocycles. The molecule has 0 bridgehead atoms. The van der Waals surface area contributed by atoms with Gasteiger partial charge in [0.15, 0.2) is 0 Å². The number of rotatable bonds is 2. The number of carbonyl (C=O) groups is 1. The first-order valence-electron chi connectivity index (χ1n) is 7.40. The minimum atomic E-state index is -0.121. The maximum Gasteiger partial charge on any atom is 0.254 e. The molecule has 2 rings (SSSR count). The van der Waals surface area contributed by atoms with Gasteiger partial charge in [-0.15, -0.1) is 0 Å². The van der Waals surface area contributed by atoms with Crippen molar-refractivity contribution in [1.29, 1.82) is 0 Å². The Morgan fingerprint density at radius 1 is 1.48 bits per heavy atom. The first-order chi connectivity index (χ1) is 9.81. The average Bonchev–Trinajstić information content (AvgIpc) is 2.45. The van der Waals surface area contributed by atoms with Crippen LogP contribution in [0, 0.1) is 0 Å². The van der Waals surface area contributed by atoms with Gasteiger partial charge < -0.3 is 4.90 Å². The lowest BCUT2D eigenvalue weighted by Gasteiger charge is -2.32. The minimum Gasteiger partial charge on any atom is -0.337 e. The van der Waals surface area contributed by atoms with E-state index in [1.165, 1.54) is 0 Å². The molecule has 1 unspecified atom stereocenters. The van der Waals surface area contributed by atoms with Gasteiger partial charge >= 0.3 is 0 Å². The van der Waals surface area contributed by atoms with Gasteiger partial charge in [0.25, 0.3) is 5.91 Å². The Morgan fingerprint density at radius 3 is 2.81 bits per heavy atom. The van der Waals surface area contributed by atoms with Crippen molar-refractivity contribution in [3.8, 4) is 0 Å². The number of thioether (sulfide) groups is 1. The van der Waals surface area contributed by atoms with Crippen molar-refractivity contribution in [2.75, 3.05) is 18.8 Å². The van der Waals surface area contributed by atoms with Crippen LogP contribution in [0.3, 0.4) is 0 Å². The van der Waals surface area contributed by atoms with Crippen LogP contribution >= 0.6 is 23.4 Å². The number of amides is 1. The molecule has 0 aliphatic carbocycles. The zero-order valence-corrected chi connectivity index (χ0v) is 14.7. The molecule has 1 aliphatic heterocycles. The van der Waals surface area contributed by atoms with Crippen LogP contribution in [-0.2, 0) is 5.41 Å². The van der Waals surface area contributed by atoms with Gasteiger partial charge in [-0.25, -0.2) is 4.98 Å². The fraction of sp³-hybridized carbons (Fsp3) is 0.625. The Kier molecular flexibility index (Phi) is 5.20. The lowest BCUT2D eigenvalue weighted by atomic mass is 9.90. The van der Waals surface area contributed by atoms with Crippen molar-refractivity contribution < 1.29 is 4.79 Å². The highest BCUT2D eigenvalue weighted by Crippen LogP contribution is 2.26. The molecular formula is C16H23ClN2OS. The number of aromatic nitrogens is 1. The Morgan fingerprint density at radius 2 is 2.19 bits per heavy atom. The molecule has 116 valence electrons. The Balaban J connectivity index is 2.25. The second-order valence-electron chi connectivity index (χ2n) is 6.47. The SMILES string of the molecule is CCC1CN(C(=O)c2cc(Cl)nc(C(C)(C)C)c2)CCS1. The van der Waals surface area contributed by atoms with E-state index in [1.54, 1.807) is 6.07 Å². The van der Waals surface area contributed by atoms with Gasteiger partial charge in [-0.05, 0) is 18.6 Å². The number of pyridine rings is 1. The molecule has 1 amide bonds. The highest BCUT2D eigenvalue weighted by atomic mass is 35.5. The first kappa shape index (κ1) is 16.6. The molecular weight excluding hydrogens is 304 g/mol. The molecule has 0 radical (unpaired) electrons. The molecule has 1 aromatic rings. The summed E-state index contributed by atoms with van der Waals surface area (Å²) < 4.78 is 0. The van der Waals surface area contributed by atoms with Crippen molar-refractivity contribution >= 4 is 29.3 Å². The molecule has 1 saturated heterocycles. The van der Waals surface area contributed by atoms with Gasteiger partial charge in [-0.3, -0.25) is 4.79 Å². The first-order valence-corrected chi connectivity index (χ1v) is 8.83. The van der Waals surface area contributed by atoms with Gasteiger partial charge in [0.05, 0.1) is 0 Å². The number of halogens is 1. The third-order valence-electron chi connectivity index (χ3n) is 3.69. The van der Waals surface area contributed by atoms with Crippen LogP contribution in [0.4, 0.5) is 0 Å². The Hall–Kier alpha value is -0.740. The summed E-state index contributed by atoms with van der Waals surface area (Å²) in [5, 5.41) is 0.936. The fourth-order valence-corrected chi connectivity index (χ4v) is 3.73. The summed E-state index contributed by atoms with van der Waals surface area (Å²) in [6, 6.07) is 3.57. The third kappa shape index (κ3) is 4.13. The molecule has 0 saturated carbocycles. The van der Waals surface area contributed by atoms with Crippen LogP contribution in [0.25, 0.3) is 0 Å². The maximum absolute atomic E-state index is 12.7. The quantitative estimate of drug-likeness (QED) is 0.770. The van der Waals surface area contributed by atoms with Crippen molar-refractivity contribution in [2.45, 2.75) is 44.8 Å². The fourth-order valence-electron chi connectivity index (χ4n) is 2.34. The summed E-state index contributed by atoms with van der Waals surface area (Å²) in [6.07, 6.45) is 1.10. The zero-order valence-electron chi connectivity index (χ0n) is 13.1. The monoisotopic (exact) mass is 326 g/mol. The van der Waals surface area contributed by atoms with E-state index in [0.29, 0.717) is 16.0 Å². The summed E-state index contributed by atoms with van der Waals surface area (Å²) in [4.78, 5) is 19.0. The van der Waals surface area contributed by atoms with E-state index in [4.69, 9.17) is 11.6 Å². The van der Waals surface area contributed by atoms with E-state index in [-0.39, 0.29) is 11.3 Å². The predicted molar refractivity (Wildman–Crippen MR) is 90.4 cm³/mol. The van der Waals surface area contributed by atoms with Gasteiger partial charge in [-0.1, -0.05) is 39.3 Å². The van der Waals surface area contributed by atoms with Crippen molar-refractivity contribution in [3.05, 3.63) is 28.5 Å². The predicted octanol–water partition coefficient (Wildman–Crippen LogP) is 4.00. The van der Waals surface area contributed by atoms with Crippen LogP contribution in [0.5, 0.6) is 0 Å². The summed E-state index contributed by atoms with van der Waals surface area (Å²) >= 11 is 8.07. The number of hydrogen-bond donors (Lipinski definition) is 0. The molecule has 21 heavy (non-hydrogen) atoms. The standard InChI is InChI=1S/C16H23ClN2OS/c1-5-12-10-19(6-7-21-12)15(20)11-8-13(16(2,3)4)18-14(17)9-11/h8-9,12H,5-7,10H2,1-4H3. The van der Waals surface area contributed by atoms with E-state index in [2.05, 4.69) is 32.7 Å². The van der Waals surface area contributed by atoms with Gasteiger partial charge in [0.2, 0.25) is 0 Å². The summed E-state index contributed by atoms with van der Waals surface area (Å²) in [5.41, 5.74) is 1.39. The largest absolute Gasteiger partial charge is 0.337 e. The lowest BCUT2D eigenvalue weighted by molar-refractivity contribution is 0.0760. The highest BCUT2D eigenvalue weighted by Gasteiger charge is 2.25. The molecule has 0 N–H and O–H groups in total. The Labute approximate surface area is 136 Å². The number of hydrogen-bond acceptors (Lipinski definition) is 3. The molecule has 0 spiro atoms.